The highest BCUT2D eigenvalue weighted by Crippen LogP contribution is 2.22. The van der Waals surface area contributed by atoms with Gasteiger partial charge in [-0.3, -0.25) is 0 Å². The number of nitrogens with one attached hydrogen (secondary N) is 4. The van der Waals surface area contributed by atoms with Gasteiger partial charge in [-0.05, 0) is 30.2 Å². The molecule has 0 bridgehead atoms. The smallest absolute Gasteiger partial charge is 0.0576 e. The normalized spacial score (nSPS) is 16.0. The van der Waals surface area contributed by atoms with Gasteiger partial charge < -0.3 is 21.3 Å². The number of hydrogen-bond acceptors (Lipinski definition) is 4. The fourth-order valence-corrected chi connectivity index (χ4v) is 2.68. The molecule has 4 nitrogen and oxygen atoms in total. The van der Waals surface area contributed by atoms with Crippen LogP contribution in [0.25, 0.3) is 0 Å². The van der Waals surface area contributed by atoms with Crippen molar-refractivity contribution in [3.63, 3.8) is 0 Å². The van der Waals surface area contributed by atoms with E-state index in [9.17, 15) is 0 Å². The lowest BCUT2D eigenvalue weighted by molar-refractivity contribution is 0.725. The van der Waals surface area contributed by atoms with Crippen LogP contribution >= 0.6 is 0 Å². The van der Waals surface area contributed by atoms with E-state index in [1.54, 1.807) is 0 Å². The fraction of sp³-hybridized carbons (Fsp3) is 0.333. The molecule has 4 N–H and O–H groups in total. The van der Waals surface area contributed by atoms with Gasteiger partial charge in [0.15, 0.2) is 0 Å². The van der Waals surface area contributed by atoms with E-state index in [0.717, 1.165) is 32.7 Å². The van der Waals surface area contributed by atoms with Crippen molar-refractivity contribution in [2.24, 2.45) is 0 Å². The molecule has 0 aliphatic carbocycles. The van der Waals surface area contributed by atoms with E-state index in [1.165, 1.54) is 29.0 Å². The van der Waals surface area contributed by atoms with Crippen LogP contribution in [0.1, 0.15) is 12.0 Å². The van der Waals surface area contributed by atoms with Gasteiger partial charge in [-0.2, -0.15) is 0 Å². The summed E-state index contributed by atoms with van der Waals surface area (Å²) in [6.45, 7) is 5.21. The van der Waals surface area contributed by atoms with Crippen LogP contribution in [0.2, 0.25) is 0 Å². The minimum absolute atomic E-state index is 0.989. The highest BCUT2D eigenvalue weighted by molar-refractivity contribution is 5.69. The molecule has 0 aromatic heterocycles. The predicted molar refractivity (Wildman–Crippen MR) is 94.7 cm³/mol. The third-order valence-corrected chi connectivity index (χ3v) is 3.86. The van der Waals surface area contributed by atoms with Gasteiger partial charge in [0.2, 0.25) is 0 Å². The van der Waals surface area contributed by atoms with Crippen molar-refractivity contribution in [3.8, 4) is 0 Å². The molecule has 2 aromatic rings. The molecule has 0 unspecified atom stereocenters. The third-order valence-electron chi connectivity index (χ3n) is 3.86. The minimum Gasteiger partial charge on any atom is -0.384 e. The quantitative estimate of drug-likeness (QED) is 0.603. The molecule has 2 heterocycles. The summed E-state index contributed by atoms with van der Waals surface area (Å²) < 4.78 is 0. The average Bonchev–Trinajstić information content (AvgIpc) is 2.95. The molecule has 0 atom stereocenters. The lowest BCUT2D eigenvalue weighted by Gasteiger charge is -2.06. The molecule has 0 fully saturated rings. The van der Waals surface area contributed by atoms with Crippen molar-refractivity contribution < 1.29 is 0 Å². The van der Waals surface area contributed by atoms with E-state index in [4.69, 9.17) is 0 Å². The van der Waals surface area contributed by atoms with Crippen molar-refractivity contribution in [1.82, 2.24) is 5.32 Å². The Morgan fingerprint density at radius 3 is 1.91 bits per heavy atom. The zero-order chi connectivity index (χ0) is 15.0. The molecule has 4 heteroatoms. The van der Waals surface area contributed by atoms with Gasteiger partial charge in [-0.15, -0.1) is 0 Å². The first-order valence-electron chi connectivity index (χ1n) is 8.03. The molecule has 116 valence electrons. The maximum Gasteiger partial charge on any atom is 0.0576 e. The molecule has 0 radical (unpaired) electrons. The average molecular weight is 296 g/mol. The number of para-hydroxylation sites is 3. The molecule has 2 aliphatic heterocycles. The first-order valence-corrected chi connectivity index (χ1v) is 8.03. The van der Waals surface area contributed by atoms with Crippen molar-refractivity contribution in [2.45, 2.75) is 13.0 Å². The zero-order valence-electron chi connectivity index (χ0n) is 12.9. The lowest BCUT2D eigenvalue weighted by Crippen LogP contribution is -2.16. The minimum atomic E-state index is 0.989. The first kappa shape index (κ1) is 14.7. The molecular formula is C18H24N4. The van der Waals surface area contributed by atoms with Gasteiger partial charge >= 0.3 is 0 Å². The van der Waals surface area contributed by atoms with Crippen LogP contribution in [0.3, 0.4) is 0 Å². The van der Waals surface area contributed by atoms with Gasteiger partial charge in [0.1, 0.15) is 0 Å². The SMILES string of the molecule is c1ccc2c(c1)CNCCN2.c1ccc2c(c1)NCCCN2. The second-order valence-corrected chi connectivity index (χ2v) is 5.51. The summed E-state index contributed by atoms with van der Waals surface area (Å²) >= 11 is 0. The summed E-state index contributed by atoms with van der Waals surface area (Å²) in [5, 5.41) is 13.4. The molecular weight excluding hydrogens is 272 g/mol. The zero-order valence-corrected chi connectivity index (χ0v) is 12.9. The highest BCUT2D eigenvalue weighted by atomic mass is 15.0. The largest absolute Gasteiger partial charge is 0.384 e. The number of benzene rings is 2. The Morgan fingerprint density at radius 2 is 1.18 bits per heavy atom. The number of rotatable bonds is 0. The Kier molecular flexibility index (Phi) is 5.16. The fourth-order valence-electron chi connectivity index (χ4n) is 2.68. The van der Waals surface area contributed by atoms with Crippen molar-refractivity contribution >= 4 is 17.1 Å². The molecule has 4 rings (SSSR count). The standard InChI is InChI=1S/2C9H12N2/c1-2-5-9-8(4-1)10-6-3-7-11-9;1-2-4-9-8(3-1)7-10-5-6-11-9/h1-2,4-5,10-11H,3,6-7H2;1-4,10-11H,5-7H2. The molecule has 22 heavy (non-hydrogen) atoms. The second-order valence-electron chi connectivity index (χ2n) is 5.51. The van der Waals surface area contributed by atoms with Crippen molar-refractivity contribution in [2.75, 3.05) is 42.1 Å². The Labute approximate surface area is 132 Å². The first-order chi connectivity index (χ1) is 10.9. The van der Waals surface area contributed by atoms with E-state index < -0.39 is 0 Å². The van der Waals surface area contributed by atoms with Crippen LogP contribution in [-0.4, -0.2) is 26.2 Å². The monoisotopic (exact) mass is 296 g/mol. The third kappa shape index (κ3) is 3.92. The summed E-state index contributed by atoms with van der Waals surface area (Å²) in [5.41, 5.74) is 5.09. The second kappa shape index (κ2) is 7.71. The number of fused-ring (bicyclic) bond motifs is 2. The Balaban J connectivity index is 0.000000131. The summed E-state index contributed by atoms with van der Waals surface area (Å²) in [6, 6.07) is 16.7. The molecule has 0 amide bonds. The molecule has 0 saturated carbocycles. The van der Waals surface area contributed by atoms with E-state index in [-0.39, 0.29) is 0 Å². The van der Waals surface area contributed by atoms with Crippen molar-refractivity contribution in [3.05, 3.63) is 54.1 Å². The maximum absolute atomic E-state index is 3.36. The Bertz CT molecular complexity index is 494. The molecule has 0 spiro atoms. The predicted octanol–water partition coefficient (Wildman–Crippen LogP) is 3.12. The highest BCUT2D eigenvalue weighted by Gasteiger charge is 2.04. The van der Waals surface area contributed by atoms with Gasteiger partial charge in [0, 0.05) is 38.4 Å². The van der Waals surface area contributed by atoms with Crippen molar-refractivity contribution in [1.29, 1.82) is 0 Å². The molecule has 2 aromatic carbocycles. The summed E-state index contributed by atoms with van der Waals surface area (Å²) in [6.07, 6.45) is 1.19. The van der Waals surface area contributed by atoms with Gasteiger partial charge in [-0.25, -0.2) is 0 Å². The number of anilines is 3. The van der Waals surface area contributed by atoms with Crippen LogP contribution in [0.4, 0.5) is 17.1 Å². The van der Waals surface area contributed by atoms with E-state index in [1.807, 2.05) is 0 Å². The van der Waals surface area contributed by atoms with Crippen LogP contribution < -0.4 is 21.3 Å². The maximum atomic E-state index is 3.36. The summed E-state index contributed by atoms with van der Waals surface area (Å²) in [7, 11) is 0. The summed E-state index contributed by atoms with van der Waals surface area (Å²) in [4.78, 5) is 0. The van der Waals surface area contributed by atoms with Gasteiger partial charge in [0.25, 0.3) is 0 Å². The van der Waals surface area contributed by atoms with Crippen LogP contribution in [0, 0.1) is 0 Å². The molecule has 2 aliphatic rings. The van der Waals surface area contributed by atoms with E-state index >= 15 is 0 Å². The van der Waals surface area contributed by atoms with Gasteiger partial charge in [0.05, 0.1) is 11.4 Å². The van der Waals surface area contributed by atoms with Crippen LogP contribution in [-0.2, 0) is 6.54 Å². The Morgan fingerprint density at radius 1 is 0.591 bits per heavy atom. The van der Waals surface area contributed by atoms with E-state index in [0.29, 0.717) is 0 Å². The van der Waals surface area contributed by atoms with Crippen LogP contribution in [0.5, 0.6) is 0 Å². The Hall–Kier alpha value is -2.20. The van der Waals surface area contributed by atoms with Gasteiger partial charge in [-0.1, -0.05) is 30.3 Å². The lowest BCUT2D eigenvalue weighted by atomic mass is 10.2. The van der Waals surface area contributed by atoms with Crippen LogP contribution in [0.15, 0.2) is 48.5 Å². The topological polar surface area (TPSA) is 48.1 Å². The number of hydrogen-bond donors (Lipinski definition) is 4. The molecule has 0 saturated heterocycles. The van der Waals surface area contributed by atoms with E-state index in [2.05, 4.69) is 69.8 Å². The summed E-state index contributed by atoms with van der Waals surface area (Å²) in [5.74, 6) is 0.